The molecule has 1 aromatic carbocycles. The van der Waals surface area contributed by atoms with Crippen molar-refractivity contribution >= 4 is 40.0 Å². The van der Waals surface area contributed by atoms with E-state index in [1.807, 2.05) is 23.9 Å². The quantitative estimate of drug-likeness (QED) is 0.241. The summed E-state index contributed by atoms with van der Waals surface area (Å²) < 4.78 is 15.6. The fourth-order valence-corrected chi connectivity index (χ4v) is 7.57. The fraction of sp³-hybridized carbons (Fsp3) is 0.514. The minimum absolute atomic E-state index is 0.155. The summed E-state index contributed by atoms with van der Waals surface area (Å²) in [6.07, 6.45) is 4.34. The highest BCUT2D eigenvalue weighted by molar-refractivity contribution is 6.01. The molecule has 1 aliphatic heterocycles. The van der Waals surface area contributed by atoms with E-state index in [-0.39, 0.29) is 24.2 Å². The lowest BCUT2D eigenvalue weighted by Gasteiger charge is -2.37. The number of nitrogens with one attached hydrogen (secondary N) is 2. The molecule has 1 saturated heterocycles. The number of nitrogens with two attached hydrogens (primary N) is 1. The second-order valence-corrected chi connectivity index (χ2v) is 14.5. The summed E-state index contributed by atoms with van der Waals surface area (Å²) in [5.74, 6) is 1.12. The maximum absolute atomic E-state index is 14.4. The van der Waals surface area contributed by atoms with Gasteiger partial charge in [-0.25, -0.2) is 14.8 Å². The van der Waals surface area contributed by atoms with Crippen LogP contribution in [-0.2, 0) is 23.1 Å². The van der Waals surface area contributed by atoms with Gasteiger partial charge in [-0.15, -0.1) is 0 Å². The standard InChI is InChI=1S/C35H44N8O5/c1-7-27(44)38-24-16-22-18-43(29(24)35(22,36)40-33(46)48-34(2,3)4)32(45)21-13-23-28(26(15-21)47-6)41(5)31(39-23)25-14-20-9-8-12-37-30(20)42(25)17-19-10-11-19/h8-9,12-15,19,22,24,29H,7,10-11,16-18,36H2,1-6H3,(H,38,44)(H,40,46)/t22-,24+,29+,35-/m1/s1. The number of hydrogen-bond acceptors (Lipinski definition) is 8. The second kappa shape index (κ2) is 11.5. The third kappa shape index (κ3) is 5.43. The van der Waals surface area contributed by atoms with Gasteiger partial charge in [0.1, 0.15) is 28.2 Å². The van der Waals surface area contributed by atoms with Crippen molar-refractivity contribution in [2.24, 2.45) is 24.6 Å². The van der Waals surface area contributed by atoms with Crippen molar-refractivity contribution < 1.29 is 23.9 Å². The van der Waals surface area contributed by atoms with E-state index in [1.165, 1.54) is 12.8 Å². The number of fused-ring (bicyclic) bond motifs is 4. The minimum atomic E-state index is -1.31. The molecular formula is C35H44N8O5. The van der Waals surface area contributed by atoms with Crippen LogP contribution >= 0.6 is 0 Å². The zero-order valence-corrected chi connectivity index (χ0v) is 28.4. The summed E-state index contributed by atoms with van der Waals surface area (Å²) in [5.41, 5.74) is 8.53. The number of pyridine rings is 1. The Morgan fingerprint density at radius 1 is 1.17 bits per heavy atom. The monoisotopic (exact) mass is 656 g/mol. The summed E-state index contributed by atoms with van der Waals surface area (Å²) in [6, 6.07) is 8.47. The first-order valence-corrected chi connectivity index (χ1v) is 16.7. The molecule has 2 bridgehead atoms. The molecule has 13 nitrogen and oxygen atoms in total. The molecule has 7 rings (SSSR count). The molecule has 0 unspecified atom stereocenters. The van der Waals surface area contributed by atoms with Crippen LogP contribution in [0.5, 0.6) is 5.75 Å². The first kappa shape index (κ1) is 31.9. The number of carbonyl (C=O) groups excluding carboxylic acids is 3. The molecule has 2 aliphatic carbocycles. The topological polar surface area (TPSA) is 159 Å². The molecule has 3 aromatic heterocycles. The Hall–Kier alpha value is -4.65. The average Bonchev–Trinajstić information content (AvgIpc) is 3.53. The highest BCUT2D eigenvalue weighted by atomic mass is 16.6. The van der Waals surface area contributed by atoms with Gasteiger partial charge < -0.3 is 39.9 Å². The number of imidazole rings is 1. The first-order chi connectivity index (χ1) is 22.8. The number of methoxy groups -OCH3 is 1. The Bertz CT molecular complexity index is 1940. The van der Waals surface area contributed by atoms with Gasteiger partial charge in [0.05, 0.1) is 30.4 Å². The first-order valence-electron chi connectivity index (χ1n) is 16.7. The van der Waals surface area contributed by atoms with Gasteiger partial charge in [-0.05, 0) is 76.3 Å². The van der Waals surface area contributed by atoms with Gasteiger partial charge in [-0.3, -0.25) is 9.59 Å². The number of hydrogen-bond donors (Lipinski definition) is 3. The van der Waals surface area contributed by atoms with Crippen molar-refractivity contribution in [3.8, 4) is 17.3 Å². The zero-order valence-electron chi connectivity index (χ0n) is 28.4. The number of carbonyl (C=O) groups is 3. The van der Waals surface area contributed by atoms with E-state index < -0.39 is 29.4 Å². The number of amides is 3. The van der Waals surface area contributed by atoms with Gasteiger partial charge in [-0.1, -0.05) is 6.92 Å². The number of likely N-dealkylation sites (tertiary alicyclic amines) is 1. The van der Waals surface area contributed by atoms with Crippen LogP contribution in [0.3, 0.4) is 0 Å². The van der Waals surface area contributed by atoms with Crippen LogP contribution in [0.25, 0.3) is 33.6 Å². The van der Waals surface area contributed by atoms with Crippen molar-refractivity contribution in [1.29, 1.82) is 0 Å². The zero-order chi connectivity index (χ0) is 34.1. The normalized spacial score (nSPS) is 23.6. The van der Waals surface area contributed by atoms with Gasteiger partial charge in [0, 0.05) is 49.6 Å². The molecule has 3 amide bonds. The molecule has 4 heterocycles. The minimum Gasteiger partial charge on any atom is -0.494 e. The predicted molar refractivity (Wildman–Crippen MR) is 180 cm³/mol. The van der Waals surface area contributed by atoms with Crippen molar-refractivity contribution in [1.82, 2.24) is 34.6 Å². The number of piperidine rings is 1. The third-order valence-corrected chi connectivity index (χ3v) is 9.91. The smallest absolute Gasteiger partial charge is 0.409 e. The Morgan fingerprint density at radius 2 is 1.94 bits per heavy atom. The largest absolute Gasteiger partial charge is 0.494 e. The molecule has 3 fully saturated rings. The fourth-order valence-electron chi connectivity index (χ4n) is 7.57. The summed E-state index contributed by atoms with van der Waals surface area (Å²) in [6.45, 7) is 8.26. The maximum atomic E-state index is 14.4. The summed E-state index contributed by atoms with van der Waals surface area (Å²) >= 11 is 0. The number of alkyl carbamates (subject to hydrolysis) is 1. The van der Waals surface area contributed by atoms with Crippen molar-refractivity contribution in [3.63, 3.8) is 0 Å². The molecule has 4 aromatic rings. The number of aromatic nitrogens is 4. The van der Waals surface area contributed by atoms with Gasteiger partial charge >= 0.3 is 6.09 Å². The SMILES string of the molecule is CCC(=O)N[C@H]1C[C@@H]2CN(C(=O)c3cc(OC)c4c(c3)nc(-c3cc5cccnc5n3CC3CC3)n4C)[C@@H]1[C@]2(N)NC(=O)OC(C)(C)C. The van der Waals surface area contributed by atoms with Crippen LogP contribution in [0.4, 0.5) is 4.79 Å². The molecule has 3 aliphatic rings. The lowest BCUT2D eigenvalue weighted by atomic mass is 10.00. The lowest BCUT2D eigenvalue weighted by molar-refractivity contribution is -0.121. The highest BCUT2D eigenvalue weighted by Crippen LogP contribution is 2.45. The Kier molecular flexibility index (Phi) is 7.65. The molecule has 48 heavy (non-hydrogen) atoms. The molecule has 4 N–H and O–H groups in total. The van der Waals surface area contributed by atoms with Crippen molar-refractivity contribution in [3.05, 3.63) is 42.1 Å². The molecular weight excluding hydrogens is 612 g/mol. The van der Waals surface area contributed by atoms with Crippen LogP contribution in [0.15, 0.2) is 36.5 Å². The molecule has 13 heteroatoms. The van der Waals surface area contributed by atoms with E-state index in [4.69, 9.17) is 20.2 Å². The summed E-state index contributed by atoms with van der Waals surface area (Å²) in [4.78, 5) is 51.3. The lowest BCUT2D eigenvalue weighted by Crippen LogP contribution is -2.67. The predicted octanol–water partition coefficient (Wildman–Crippen LogP) is 3.93. The van der Waals surface area contributed by atoms with Gasteiger partial charge in [-0.2, -0.15) is 0 Å². The van der Waals surface area contributed by atoms with E-state index in [2.05, 4.69) is 32.3 Å². The van der Waals surface area contributed by atoms with Crippen LogP contribution < -0.4 is 21.1 Å². The summed E-state index contributed by atoms with van der Waals surface area (Å²) in [5, 5.41) is 6.95. The maximum Gasteiger partial charge on any atom is 0.409 e. The second-order valence-electron chi connectivity index (χ2n) is 14.5. The van der Waals surface area contributed by atoms with Crippen LogP contribution in [0.2, 0.25) is 0 Å². The molecule has 4 atom stereocenters. The number of rotatable bonds is 8. The number of ether oxygens (including phenoxy) is 2. The number of aryl methyl sites for hydroxylation is 1. The van der Waals surface area contributed by atoms with Crippen molar-refractivity contribution in [2.45, 2.75) is 83.3 Å². The Balaban J connectivity index is 1.26. The van der Waals surface area contributed by atoms with Crippen LogP contribution in [0.1, 0.15) is 63.7 Å². The third-order valence-electron chi connectivity index (χ3n) is 9.91. The van der Waals surface area contributed by atoms with E-state index in [0.29, 0.717) is 35.7 Å². The van der Waals surface area contributed by atoms with Crippen LogP contribution in [0, 0.1) is 11.8 Å². The Labute approximate surface area is 279 Å². The number of nitrogens with zero attached hydrogens (tertiary/aromatic N) is 5. The van der Waals surface area contributed by atoms with E-state index in [0.717, 1.165) is 34.6 Å². The van der Waals surface area contributed by atoms with E-state index in [1.54, 1.807) is 51.8 Å². The average molecular weight is 657 g/mol. The van der Waals surface area contributed by atoms with Gasteiger partial charge in [0.2, 0.25) is 5.91 Å². The Morgan fingerprint density at radius 3 is 2.62 bits per heavy atom. The number of benzene rings is 1. The highest BCUT2D eigenvalue weighted by Gasteiger charge is 2.63. The van der Waals surface area contributed by atoms with Crippen LogP contribution in [-0.4, -0.2) is 78.9 Å². The van der Waals surface area contributed by atoms with Gasteiger partial charge in [0.15, 0.2) is 5.82 Å². The van der Waals surface area contributed by atoms with Crippen molar-refractivity contribution in [2.75, 3.05) is 13.7 Å². The van der Waals surface area contributed by atoms with Gasteiger partial charge in [0.25, 0.3) is 5.91 Å². The summed E-state index contributed by atoms with van der Waals surface area (Å²) in [7, 11) is 3.53. The molecule has 0 radical (unpaired) electrons. The molecule has 2 saturated carbocycles. The van der Waals surface area contributed by atoms with E-state index >= 15 is 0 Å². The molecule has 254 valence electrons. The molecule has 0 spiro atoms. The van der Waals surface area contributed by atoms with E-state index in [9.17, 15) is 14.4 Å².